The molecule has 2 rings (SSSR count). The number of hydrogen-bond donors (Lipinski definition) is 4. The van der Waals surface area contributed by atoms with Gasteiger partial charge in [-0.3, -0.25) is 14.7 Å². The van der Waals surface area contributed by atoms with Crippen molar-refractivity contribution in [2.75, 3.05) is 6.29 Å². The molecule has 6 nitrogen and oxygen atoms in total. The van der Waals surface area contributed by atoms with E-state index in [-0.39, 0.29) is 6.42 Å². The van der Waals surface area contributed by atoms with E-state index in [1.54, 1.807) is 0 Å². The van der Waals surface area contributed by atoms with Crippen LogP contribution in [-0.2, 0) is 15.8 Å². The summed E-state index contributed by atoms with van der Waals surface area (Å²) in [5.41, 5.74) is 2.85. The van der Waals surface area contributed by atoms with Gasteiger partial charge in [0.25, 0.3) is 0 Å². The molecule has 0 bridgehead atoms. The first-order chi connectivity index (χ1) is 10.8. The van der Waals surface area contributed by atoms with Gasteiger partial charge in [0.05, 0.1) is 6.29 Å². The molecule has 0 saturated carbocycles. The van der Waals surface area contributed by atoms with Crippen molar-refractivity contribution < 1.29 is 24.3 Å². The fourth-order valence-electron chi connectivity index (χ4n) is 2.18. The van der Waals surface area contributed by atoms with E-state index in [2.05, 4.69) is 5.32 Å². The maximum atomic E-state index is 11.2. The van der Waals surface area contributed by atoms with Crippen LogP contribution in [0.15, 0.2) is 54.6 Å². The average Bonchev–Trinajstić information content (AvgIpc) is 2.51. The van der Waals surface area contributed by atoms with Gasteiger partial charge in [-0.25, -0.2) is 0 Å². The van der Waals surface area contributed by atoms with Crippen molar-refractivity contribution in [3.63, 3.8) is 0 Å². The van der Waals surface area contributed by atoms with Crippen LogP contribution in [-0.4, -0.2) is 33.2 Å². The van der Waals surface area contributed by atoms with E-state index in [4.69, 9.17) is 14.9 Å². The van der Waals surface area contributed by atoms with Gasteiger partial charge in [-0.15, -0.1) is 0 Å². The van der Waals surface area contributed by atoms with Crippen LogP contribution >= 0.6 is 7.60 Å². The van der Waals surface area contributed by atoms with Crippen molar-refractivity contribution in [2.45, 2.75) is 12.5 Å². The molecule has 0 radical (unpaired) electrons. The Kier molecular flexibility index (Phi) is 5.69. The molecule has 0 saturated heterocycles. The summed E-state index contributed by atoms with van der Waals surface area (Å²) >= 11 is 0. The summed E-state index contributed by atoms with van der Waals surface area (Å²) in [5.74, 6) is -1.15. The smallest absolute Gasteiger partial charge is 0.339 e. The van der Waals surface area contributed by atoms with E-state index in [0.717, 1.165) is 16.7 Å². The van der Waals surface area contributed by atoms with Crippen LogP contribution in [0.4, 0.5) is 0 Å². The Balaban J connectivity index is 2.06. The van der Waals surface area contributed by atoms with Crippen molar-refractivity contribution >= 4 is 13.6 Å². The standard InChI is InChI=1S/C16H18NO5P/c18-16(19)15(17-11-23(20,21)22)10-12-6-8-14(9-7-12)13-4-2-1-3-5-13/h1-9,15,17H,10-11H2,(H,18,19)(H2,20,21,22). The Morgan fingerprint density at radius 3 is 2.09 bits per heavy atom. The monoisotopic (exact) mass is 335 g/mol. The van der Waals surface area contributed by atoms with Gasteiger partial charge in [0.15, 0.2) is 0 Å². The van der Waals surface area contributed by atoms with Gasteiger partial charge in [0.2, 0.25) is 0 Å². The zero-order valence-corrected chi connectivity index (χ0v) is 13.2. The number of benzene rings is 2. The van der Waals surface area contributed by atoms with Crippen LogP contribution in [0.25, 0.3) is 11.1 Å². The van der Waals surface area contributed by atoms with Crippen molar-refractivity contribution in [3.05, 3.63) is 60.2 Å². The molecule has 0 heterocycles. The molecule has 1 atom stereocenters. The maximum absolute atomic E-state index is 11.2. The molecule has 7 heteroatoms. The van der Waals surface area contributed by atoms with Gasteiger partial charge < -0.3 is 14.9 Å². The highest BCUT2D eigenvalue weighted by molar-refractivity contribution is 7.51. The summed E-state index contributed by atoms with van der Waals surface area (Å²) in [5, 5.41) is 11.5. The molecule has 0 fully saturated rings. The molecule has 0 aromatic heterocycles. The molecule has 122 valence electrons. The predicted molar refractivity (Wildman–Crippen MR) is 87.1 cm³/mol. The minimum Gasteiger partial charge on any atom is -0.480 e. The fourth-order valence-corrected chi connectivity index (χ4v) is 2.63. The Morgan fingerprint density at radius 1 is 1.00 bits per heavy atom. The van der Waals surface area contributed by atoms with Crippen molar-refractivity contribution in [1.29, 1.82) is 0 Å². The van der Waals surface area contributed by atoms with Gasteiger partial charge in [-0.1, -0.05) is 54.6 Å². The fraction of sp³-hybridized carbons (Fsp3) is 0.188. The Labute approximate surface area is 134 Å². The highest BCUT2D eigenvalue weighted by Crippen LogP contribution is 2.32. The largest absolute Gasteiger partial charge is 0.480 e. The van der Waals surface area contributed by atoms with Crippen LogP contribution in [0.5, 0.6) is 0 Å². The number of carbonyl (C=O) groups is 1. The Bertz CT molecular complexity index is 696. The highest BCUT2D eigenvalue weighted by atomic mass is 31.2. The van der Waals surface area contributed by atoms with E-state index in [1.807, 2.05) is 54.6 Å². The van der Waals surface area contributed by atoms with Crippen LogP contribution in [0.2, 0.25) is 0 Å². The summed E-state index contributed by atoms with van der Waals surface area (Å²) < 4.78 is 10.9. The molecule has 0 amide bonds. The summed E-state index contributed by atoms with van der Waals surface area (Å²) in [6.45, 7) is 0. The number of nitrogens with one attached hydrogen (secondary N) is 1. The first kappa shape index (κ1) is 17.4. The normalized spacial score (nSPS) is 12.8. The Hall–Kier alpha value is -1.98. The number of rotatable bonds is 7. The number of aliphatic carboxylic acids is 1. The van der Waals surface area contributed by atoms with Gasteiger partial charge in [0.1, 0.15) is 6.04 Å². The van der Waals surface area contributed by atoms with Crippen LogP contribution in [0, 0.1) is 0 Å². The molecule has 0 aliphatic rings. The zero-order valence-electron chi connectivity index (χ0n) is 12.3. The topological polar surface area (TPSA) is 107 Å². The van der Waals surface area contributed by atoms with E-state index in [9.17, 15) is 9.36 Å². The quantitative estimate of drug-likeness (QED) is 0.577. The SMILES string of the molecule is O=C(O)C(Cc1ccc(-c2ccccc2)cc1)NCP(=O)(O)O. The van der Waals surface area contributed by atoms with Gasteiger partial charge >= 0.3 is 13.6 Å². The van der Waals surface area contributed by atoms with E-state index in [0.29, 0.717) is 0 Å². The van der Waals surface area contributed by atoms with Gasteiger partial charge in [-0.05, 0) is 23.1 Å². The van der Waals surface area contributed by atoms with Gasteiger partial charge in [-0.2, -0.15) is 0 Å². The number of hydrogen-bond acceptors (Lipinski definition) is 3. The van der Waals surface area contributed by atoms with Crippen molar-refractivity contribution in [2.24, 2.45) is 0 Å². The second-order valence-electron chi connectivity index (χ2n) is 5.18. The molecular formula is C16H18NO5P. The summed E-state index contributed by atoms with van der Waals surface area (Å²) in [6, 6.07) is 16.2. The lowest BCUT2D eigenvalue weighted by molar-refractivity contribution is -0.139. The maximum Gasteiger partial charge on any atom is 0.339 e. The van der Waals surface area contributed by atoms with E-state index in [1.165, 1.54) is 0 Å². The minimum absolute atomic E-state index is 0.143. The molecule has 4 N–H and O–H groups in total. The van der Waals surface area contributed by atoms with E-state index >= 15 is 0 Å². The third kappa shape index (κ3) is 5.62. The Morgan fingerprint density at radius 2 is 1.57 bits per heavy atom. The molecule has 1 unspecified atom stereocenters. The van der Waals surface area contributed by atoms with Crippen molar-refractivity contribution in [3.8, 4) is 11.1 Å². The second kappa shape index (κ2) is 7.53. The third-order valence-corrected chi connectivity index (χ3v) is 3.94. The molecule has 0 aliphatic heterocycles. The van der Waals surface area contributed by atoms with Crippen LogP contribution in [0.3, 0.4) is 0 Å². The second-order valence-corrected chi connectivity index (χ2v) is 6.83. The van der Waals surface area contributed by atoms with Crippen LogP contribution in [0.1, 0.15) is 5.56 Å². The first-order valence-corrected chi connectivity index (χ1v) is 8.80. The molecule has 0 aliphatic carbocycles. The molecule has 2 aromatic carbocycles. The molecule has 2 aromatic rings. The lowest BCUT2D eigenvalue weighted by atomic mass is 10.0. The highest BCUT2D eigenvalue weighted by Gasteiger charge is 2.22. The lowest BCUT2D eigenvalue weighted by Gasteiger charge is -2.15. The summed E-state index contributed by atoms with van der Waals surface area (Å²) in [7, 11) is -4.29. The van der Waals surface area contributed by atoms with Crippen LogP contribution < -0.4 is 5.32 Å². The first-order valence-electron chi connectivity index (χ1n) is 7.00. The third-order valence-electron chi connectivity index (χ3n) is 3.34. The molecule has 0 spiro atoms. The summed E-state index contributed by atoms with van der Waals surface area (Å²) in [4.78, 5) is 28.9. The number of carboxylic acids is 1. The number of carboxylic acid groups (broad SMARTS) is 1. The summed E-state index contributed by atoms with van der Waals surface area (Å²) in [6.07, 6.45) is -0.517. The lowest BCUT2D eigenvalue weighted by Crippen LogP contribution is -2.39. The zero-order chi connectivity index (χ0) is 16.9. The molecular weight excluding hydrogens is 317 g/mol. The van der Waals surface area contributed by atoms with Crippen molar-refractivity contribution in [1.82, 2.24) is 5.32 Å². The molecule has 23 heavy (non-hydrogen) atoms. The predicted octanol–water partition coefficient (Wildman–Crippen LogP) is 2.07. The minimum atomic E-state index is -4.29. The van der Waals surface area contributed by atoms with E-state index < -0.39 is 25.9 Å². The average molecular weight is 335 g/mol. The van der Waals surface area contributed by atoms with Gasteiger partial charge in [0, 0.05) is 0 Å².